The van der Waals surface area contributed by atoms with E-state index < -0.39 is 0 Å². The smallest absolute Gasteiger partial charge is 0.161 e. The van der Waals surface area contributed by atoms with Crippen molar-refractivity contribution in [2.24, 2.45) is 5.73 Å². The Bertz CT molecular complexity index is 494. The quantitative estimate of drug-likeness (QED) is 0.837. The number of ether oxygens (including phenoxy) is 2. The van der Waals surface area contributed by atoms with Crippen molar-refractivity contribution >= 4 is 0 Å². The minimum absolute atomic E-state index is 0.215. The average molecular weight is 262 g/mol. The van der Waals surface area contributed by atoms with E-state index in [9.17, 15) is 0 Å². The molecule has 1 atom stereocenters. The summed E-state index contributed by atoms with van der Waals surface area (Å²) in [7, 11) is 2.14. The molecular formula is C15H22N2O2. The molecule has 0 aliphatic carbocycles. The van der Waals surface area contributed by atoms with Crippen LogP contribution in [0.5, 0.6) is 11.5 Å². The highest BCUT2D eigenvalue weighted by molar-refractivity contribution is 5.50. The molecule has 0 aromatic heterocycles. The Hall–Kier alpha value is -1.26. The second kappa shape index (κ2) is 4.39. The summed E-state index contributed by atoms with van der Waals surface area (Å²) < 4.78 is 11.4. The van der Waals surface area contributed by atoms with E-state index in [1.807, 2.05) is 0 Å². The normalized spacial score (nSPS) is 23.1. The molecule has 1 aromatic carbocycles. The number of rotatable bonds is 1. The van der Waals surface area contributed by atoms with Crippen LogP contribution in [-0.4, -0.2) is 37.2 Å². The molecule has 4 heteroatoms. The van der Waals surface area contributed by atoms with Crippen LogP contribution in [0.1, 0.15) is 31.0 Å². The summed E-state index contributed by atoms with van der Waals surface area (Å²) in [6.45, 7) is 6.45. The maximum absolute atomic E-state index is 6.38. The lowest BCUT2D eigenvalue weighted by atomic mass is 9.82. The van der Waals surface area contributed by atoms with Gasteiger partial charge in [0.15, 0.2) is 11.5 Å². The third-order valence-electron chi connectivity index (χ3n) is 3.98. The van der Waals surface area contributed by atoms with Crippen molar-refractivity contribution in [1.82, 2.24) is 4.90 Å². The second-order valence-electron chi connectivity index (χ2n) is 6.15. The summed E-state index contributed by atoms with van der Waals surface area (Å²) in [5.74, 6) is 1.73. The number of benzene rings is 1. The average Bonchev–Trinajstić information content (AvgIpc) is 2.34. The maximum Gasteiger partial charge on any atom is 0.161 e. The van der Waals surface area contributed by atoms with Crippen molar-refractivity contribution in [1.29, 1.82) is 0 Å². The van der Waals surface area contributed by atoms with Crippen molar-refractivity contribution in [3.8, 4) is 11.5 Å². The lowest BCUT2D eigenvalue weighted by Gasteiger charge is -2.42. The van der Waals surface area contributed by atoms with Crippen LogP contribution in [0.2, 0.25) is 0 Å². The Morgan fingerprint density at radius 2 is 1.84 bits per heavy atom. The highest BCUT2D eigenvalue weighted by atomic mass is 16.6. The van der Waals surface area contributed by atoms with Crippen LogP contribution in [0.3, 0.4) is 0 Å². The number of likely N-dealkylation sites (N-methyl/N-ethyl adjacent to an activating group) is 1. The molecule has 1 aromatic rings. The molecule has 0 amide bonds. The number of nitrogens with zero attached hydrogens (tertiary/aromatic N) is 1. The van der Waals surface area contributed by atoms with Crippen molar-refractivity contribution in [3.63, 3.8) is 0 Å². The Morgan fingerprint density at radius 3 is 2.47 bits per heavy atom. The molecule has 2 aliphatic rings. The highest BCUT2D eigenvalue weighted by Gasteiger charge is 2.35. The van der Waals surface area contributed by atoms with E-state index in [0.29, 0.717) is 13.2 Å². The van der Waals surface area contributed by atoms with Gasteiger partial charge in [-0.25, -0.2) is 0 Å². The fourth-order valence-corrected chi connectivity index (χ4v) is 3.25. The standard InChI is InChI=1S/C15H22N2O2/c1-15(2,16)14-11-9-13-12(18-6-7-19-13)8-10(11)4-5-17(14)3/h8-9,14H,4-7,16H2,1-3H3. The van der Waals surface area contributed by atoms with Crippen molar-refractivity contribution in [3.05, 3.63) is 23.3 Å². The Labute approximate surface area is 114 Å². The van der Waals surface area contributed by atoms with E-state index >= 15 is 0 Å². The van der Waals surface area contributed by atoms with Crippen LogP contribution in [0.15, 0.2) is 12.1 Å². The van der Waals surface area contributed by atoms with Gasteiger partial charge in [-0.3, -0.25) is 4.90 Å². The molecule has 0 saturated heterocycles. The monoisotopic (exact) mass is 262 g/mol. The molecule has 4 nitrogen and oxygen atoms in total. The van der Waals surface area contributed by atoms with Crippen LogP contribution in [0, 0.1) is 0 Å². The van der Waals surface area contributed by atoms with Gasteiger partial charge < -0.3 is 15.2 Å². The minimum Gasteiger partial charge on any atom is -0.486 e. The van der Waals surface area contributed by atoms with Gasteiger partial charge in [-0.2, -0.15) is 0 Å². The molecule has 2 heterocycles. The Kier molecular flexibility index (Phi) is 2.95. The van der Waals surface area contributed by atoms with Gasteiger partial charge in [-0.15, -0.1) is 0 Å². The zero-order valence-corrected chi connectivity index (χ0v) is 11.9. The highest BCUT2D eigenvalue weighted by Crippen LogP contribution is 2.41. The van der Waals surface area contributed by atoms with E-state index in [0.717, 1.165) is 24.5 Å². The number of hydrogen-bond acceptors (Lipinski definition) is 4. The van der Waals surface area contributed by atoms with Gasteiger partial charge in [0, 0.05) is 12.1 Å². The molecule has 0 bridgehead atoms. The van der Waals surface area contributed by atoms with E-state index in [4.69, 9.17) is 15.2 Å². The molecule has 2 aliphatic heterocycles. The molecule has 19 heavy (non-hydrogen) atoms. The first kappa shape index (κ1) is 12.8. The molecular weight excluding hydrogens is 240 g/mol. The summed E-state index contributed by atoms with van der Waals surface area (Å²) in [6, 6.07) is 4.47. The van der Waals surface area contributed by atoms with Gasteiger partial charge >= 0.3 is 0 Å². The van der Waals surface area contributed by atoms with Crippen LogP contribution in [0.25, 0.3) is 0 Å². The van der Waals surface area contributed by atoms with Crippen LogP contribution >= 0.6 is 0 Å². The zero-order chi connectivity index (χ0) is 13.6. The molecule has 104 valence electrons. The first-order chi connectivity index (χ1) is 8.97. The minimum atomic E-state index is -0.284. The predicted molar refractivity (Wildman–Crippen MR) is 74.8 cm³/mol. The van der Waals surface area contributed by atoms with Crippen molar-refractivity contribution in [2.45, 2.75) is 31.8 Å². The van der Waals surface area contributed by atoms with E-state index in [2.05, 4.69) is 37.9 Å². The summed E-state index contributed by atoms with van der Waals surface area (Å²) in [6.07, 6.45) is 1.04. The molecule has 1 unspecified atom stereocenters. The largest absolute Gasteiger partial charge is 0.486 e. The predicted octanol–water partition coefficient (Wildman–Crippen LogP) is 1.72. The van der Waals surface area contributed by atoms with Gasteiger partial charge in [-0.05, 0) is 50.6 Å². The Morgan fingerprint density at radius 1 is 1.21 bits per heavy atom. The first-order valence-corrected chi connectivity index (χ1v) is 6.88. The number of nitrogens with two attached hydrogens (primary N) is 1. The van der Waals surface area contributed by atoms with Crippen molar-refractivity contribution < 1.29 is 9.47 Å². The Balaban J connectivity index is 2.09. The molecule has 0 radical (unpaired) electrons. The van der Waals surface area contributed by atoms with Crippen LogP contribution in [0.4, 0.5) is 0 Å². The summed E-state index contributed by atoms with van der Waals surface area (Å²) in [4.78, 5) is 2.33. The van der Waals surface area contributed by atoms with Gasteiger partial charge in [0.2, 0.25) is 0 Å². The SMILES string of the molecule is CN1CCc2cc3c(cc2C1C(C)(C)N)OCCO3. The van der Waals surface area contributed by atoms with Crippen LogP contribution < -0.4 is 15.2 Å². The first-order valence-electron chi connectivity index (χ1n) is 6.88. The summed E-state index contributed by atoms with van der Waals surface area (Å²) in [5, 5.41) is 0. The van der Waals surface area contributed by atoms with E-state index in [-0.39, 0.29) is 11.6 Å². The molecule has 2 N–H and O–H groups in total. The fraction of sp³-hybridized carbons (Fsp3) is 0.600. The van der Waals surface area contributed by atoms with E-state index in [1.165, 1.54) is 11.1 Å². The fourth-order valence-electron chi connectivity index (χ4n) is 3.25. The molecule has 3 rings (SSSR count). The third kappa shape index (κ3) is 2.19. The molecule has 0 spiro atoms. The van der Waals surface area contributed by atoms with Gasteiger partial charge in [-0.1, -0.05) is 0 Å². The number of hydrogen-bond donors (Lipinski definition) is 1. The van der Waals surface area contributed by atoms with Crippen LogP contribution in [-0.2, 0) is 6.42 Å². The molecule has 0 fully saturated rings. The summed E-state index contributed by atoms with van der Waals surface area (Å²) >= 11 is 0. The van der Waals surface area contributed by atoms with E-state index in [1.54, 1.807) is 0 Å². The maximum atomic E-state index is 6.38. The van der Waals surface area contributed by atoms with Gasteiger partial charge in [0.05, 0.1) is 6.04 Å². The third-order valence-corrected chi connectivity index (χ3v) is 3.98. The molecule has 0 saturated carbocycles. The lowest BCUT2D eigenvalue weighted by Crippen LogP contribution is -2.49. The zero-order valence-electron chi connectivity index (χ0n) is 11.9. The summed E-state index contributed by atoms with van der Waals surface area (Å²) in [5.41, 5.74) is 8.72. The van der Waals surface area contributed by atoms with Crippen molar-refractivity contribution in [2.75, 3.05) is 26.8 Å². The topological polar surface area (TPSA) is 47.7 Å². The lowest BCUT2D eigenvalue weighted by molar-refractivity contribution is 0.151. The van der Waals surface area contributed by atoms with Gasteiger partial charge in [0.1, 0.15) is 13.2 Å². The number of fused-ring (bicyclic) bond motifs is 2. The second-order valence-corrected chi connectivity index (χ2v) is 6.15. The van der Waals surface area contributed by atoms with Gasteiger partial charge in [0.25, 0.3) is 0 Å².